The highest BCUT2D eigenvalue weighted by Gasteiger charge is 2.40. The summed E-state index contributed by atoms with van der Waals surface area (Å²) < 4.78 is 5.17. The zero-order valence-electron chi connectivity index (χ0n) is 15.7. The van der Waals surface area contributed by atoms with Gasteiger partial charge in [0.05, 0.1) is 13.0 Å². The predicted molar refractivity (Wildman–Crippen MR) is 104 cm³/mol. The SMILES string of the molecule is COc1ccc(CN2CC(C(=O)N3c4ccccc4CC3C)CC2=O)cc1. The maximum atomic E-state index is 13.2. The highest BCUT2D eigenvalue weighted by Crippen LogP contribution is 2.34. The minimum atomic E-state index is -0.274. The largest absolute Gasteiger partial charge is 0.497 e. The molecule has 0 radical (unpaired) electrons. The van der Waals surface area contributed by atoms with Crippen molar-refractivity contribution in [2.45, 2.75) is 32.4 Å². The smallest absolute Gasteiger partial charge is 0.232 e. The summed E-state index contributed by atoms with van der Waals surface area (Å²) in [6.45, 7) is 3.08. The van der Waals surface area contributed by atoms with Crippen LogP contribution >= 0.6 is 0 Å². The van der Waals surface area contributed by atoms with Crippen LogP contribution in [0.15, 0.2) is 48.5 Å². The fourth-order valence-corrected chi connectivity index (χ4v) is 4.14. The Balaban J connectivity index is 1.46. The second-order valence-corrected chi connectivity index (χ2v) is 7.41. The number of nitrogens with zero attached hydrogens (tertiary/aromatic N) is 2. The molecular weight excluding hydrogens is 340 g/mol. The number of likely N-dealkylation sites (tertiary alicyclic amines) is 1. The molecule has 0 N–H and O–H groups in total. The van der Waals surface area contributed by atoms with Crippen LogP contribution in [0.2, 0.25) is 0 Å². The van der Waals surface area contributed by atoms with Gasteiger partial charge in [-0.3, -0.25) is 9.59 Å². The molecule has 0 saturated carbocycles. The number of carbonyl (C=O) groups is 2. The number of rotatable bonds is 4. The number of para-hydroxylation sites is 1. The van der Waals surface area contributed by atoms with Gasteiger partial charge in [-0.05, 0) is 42.7 Å². The lowest BCUT2D eigenvalue weighted by Crippen LogP contribution is -2.41. The Morgan fingerprint density at radius 1 is 1.11 bits per heavy atom. The summed E-state index contributed by atoms with van der Waals surface area (Å²) in [5, 5.41) is 0. The Morgan fingerprint density at radius 3 is 2.59 bits per heavy atom. The molecule has 2 aromatic carbocycles. The monoisotopic (exact) mass is 364 g/mol. The summed E-state index contributed by atoms with van der Waals surface area (Å²) in [5.74, 6) is 0.632. The van der Waals surface area contributed by atoms with E-state index in [9.17, 15) is 9.59 Å². The fourth-order valence-electron chi connectivity index (χ4n) is 4.14. The first-order valence-electron chi connectivity index (χ1n) is 9.38. The molecule has 0 aromatic heterocycles. The Labute approximate surface area is 159 Å². The van der Waals surface area contributed by atoms with E-state index in [1.165, 1.54) is 5.56 Å². The predicted octanol–water partition coefficient (Wildman–Crippen LogP) is 3.02. The highest BCUT2D eigenvalue weighted by molar-refractivity contribution is 6.01. The normalized spacial score (nSPS) is 21.5. The number of methoxy groups -OCH3 is 1. The number of hydrogen-bond donors (Lipinski definition) is 0. The molecule has 2 atom stereocenters. The van der Waals surface area contributed by atoms with Crippen LogP contribution in [0.5, 0.6) is 5.75 Å². The number of fused-ring (bicyclic) bond motifs is 1. The van der Waals surface area contributed by atoms with Crippen LogP contribution in [-0.2, 0) is 22.6 Å². The third-order valence-electron chi connectivity index (χ3n) is 5.54. The molecule has 5 nitrogen and oxygen atoms in total. The topological polar surface area (TPSA) is 49.9 Å². The van der Waals surface area contributed by atoms with Crippen molar-refractivity contribution >= 4 is 17.5 Å². The Morgan fingerprint density at radius 2 is 1.85 bits per heavy atom. The van der Waals surface area contributed by atoms with E-state index >= 15 is 0 Å². The molecular formula is C22H24N2O3. The van der Waals surface area contributed by atoms with Crippen LogP contribution in [0.3, 0.4) is 0 Å². The Bertz CT molecular complexity index is 862. The van der Waals surface area contributed by atoms with Gasteiger partial charge in [-0.1, -0.05) is 30.3 Å². The summed E-state index contributed by atoms with van der Waals surface area (Å²) in [7, 11) is 1.63. The van der Waals surface area contributed by atoms with E-state index in [0.717, 1.165) is 23.4 Å². The fraction of sp³-hybridized carbons (Fsp3) is 0.364. The van der Waals surface area contributed by atoms with Gasteiger partial charge < -0.3 is 14.5 Å². The summed E-state index contributed by atoms with van der Waals surface area (Å²) in [6, 6.07) is 15.9. The zero-order chi connectivity index (χ0) is 19.0. The van der Waals surface area contributed by atoms with Gasteiger partial charge in [-0.2, -0.15) is 0 Å². The third-order valence-corrected chi connectivity index (χ3v) is 5.54. The van der Waals surface area contributed by atoms with Crippen molar-refractivity contribution in [3.05, 3.63) is 59.7 Å². The van der Waals surface area contributed by atoms with Gasteiger partial charge in [-0.25, -0.2) is 0 Å². The molecule has 2 aliphatic heterocycles. The molecule has 1 fully saturated rings. The number of amides is 2. The average Bonchev–Trinajstić information content (AvgIpc) is 3.21. The molecule has 0 bridgehead atoms. The van der Waals surface area contributed by atoms with E-state index < -0.39 is 0 Å². The number of ether oxygens (including phenoxy) is 1. The first-order chi connectivity index (χ1) is 13.1. The van der Waals surface area contributed by atoms with E-state index in [2.05, 4.69) is 13.0 Å². The number of carbonyl (C=O) groups excluding carboxylic acids is 2. The number of hydrogen-bond acceptors (Lipinski definition) is 3. The maximum Gasteiger partial charge on any atom is 0.232 e. The second-order valence-electron chi connectivity index (χ2n) is 7.41. The Kier molecular flexibility index (Phi) is 4.60. The van der Waals surface area contributed by atoms with Crippen molar-refractivity contribution in [3.63, 3.8) is 0 Å². The van der Waals surface area contributed by atoms with E-state index in [0.29, 0.717) is 19.5 Å². The zero-order valence-corrected chi connectivity index (χ0v) is 15.7. The van der Waals surface area contributed by atoms with Crippen molar-refractivity contribution in [2.24, 2.45) is 5.92 Å². The number of benzene rings is 2. The van der Waals surface area contributed by atoms with Crippen LogP contribution in [0, 0.1) is 5.92 Å². The van der Waals surface area contributed by atoms with E-state index in [1.807, 2.05) is 47.4 Å². The molecule has 140 valence electrons. The minimum absolute atomic E-state index is 0.0457. The molecule has 1 saturated heterocycles. The van der Waals surface area contributed by atoms with Crippen molar-refractivity contribution in [2.75, 3.05) is 18.6 Å². The standard InChI is InChI=1S/C22H24N2O3/c1-15-11-17-5-3-4-6-20(17)24(15)22(26)18-12-21(25)23(14-18)13-16-7-9-19(27-2)10-8-16/h3-10,15,18H,11-14H2,1-2H3. The summed E-state index contributed by atoms with van der Waals surface area (Å²) in [6.07, 6.45) is 1.17. The molecule has 0 aliphatic carbocycles. The van der Waals surface area contributed by atoms with Crippen LogP contribution in [0.1, 0.15) is 24.5 Å². The molecule has 27 heavy (non-hydrogen) atoms. The molecule has 2 aliphatic rings. The van der Waals surface area contributed by atoms with Crippen LogP contribution < -0.4 is 9.64 Å². The van der Waals surface area contributed by atoms with Gasteiger partial charge in [-0.15, -0.1) is 0 Å². The molecule has 2 unspecified atom stereocenters. The van der Waals surface area contributed by atoms with Crippen LogP contribution in [0.25, 0.3) is 0 Å². The van der Waals surface area contributed by atoms with Crippen molar-refractivity contribution in [1.29, 1.82) is 0 Å². The second kappa shape index (κ2) is 7.06. The van der Waals surface area contributed by atoms with Gasteiger partial charge in [0.15, 0.2) is 0 Å². The summed E-state index contributed by atoms with van der Waals surface area (Å²) in [5.41, 5.74) is 3.24. The van der Waals surface area contributed by atoms with Gasteiger partial charge in [0.1, 0.15) is 5.75 Å². The minimum Gasteiger partial charge on any atom is -0.497 e. The van der Waals surface area contributed by atoms with Gasteiger partial charge in [0.25, 0.3) is 0 Å². The van der Waals surface area contributed by atoms with Gasteiger partial charge in [0.2, 0.25) is 11.8 Å². The Hall–Kier alpha value is -2.82. The lowest BCUT2D eigenvalue weighted by atomic mass is 10.1. The van der Waals surface area contributed by atoms with Crippen LogP contribution in [0.4, 0.5) is 5.69 Å². The quantitative estimate of drug-likeness (QED) is 0.838. The molecule has 5 heteroatoms. The third kappa shape index (κ3) is 3.29. The van der Waals surface area contributed by atoms with Gasteiger partial charge in [0, 0.05) is 31.2 Å². The van der Waals surface area contributed by atoms with E-state index in [-0.39, 0.29) is 23.8 Å². The van der Waals surface area contributed by atoms with Crippen molar-refractivity contribution in [1.82, 2.24) is 4.90 Å². The lowest BCUT2D eigenvalue weighted by molar-refractivity contribution is -0.129. The van der Waals surface area contributed by atoms with Crippen molar-refractivity contribution < 1.29 is 14.3 Å². The molecule has 2 amide bonds. The highest BCUT2D eigenvalue weighted by atomic mass is 16.5. The number of anilines is 1. The van der Waals surface area contributed by atoms with E-state index in [4.69, 9.17) is 4.74 Å². The molecule has 4 rings (SSSR count). The first kappa shape index (κ1) is 17.6. The molecule has 2 heterocycles. The summed E-state index contributed by atoms with van der Waals surface area (Å²) >= 11 is 0. The molecule has 0 spiro atoms. The maximum absolute atomic E-state index is 13.2. The lowest BCUT2D eigenvalue weighted by Gasteiger charge is -2.26. The van der Waals surface area contributed by atoms with Crippen molar-refractivity contribution in [3.8, 4) is 5.75 Å². The van der Waals surface area contributed by atoms with Crippen LogP contribution in [-0.4, -0.2) is 36.4 Å². The summed E-state index contributed by atoms with van der Waals surface area (Å²) in [4.78, 5) is 29.3. The average molecular weight is 364 g/mol. The van der Waals surface area contributed by atoms with E-state index in [1.54, 1.807) is 12.0 Å². The first-order valence-corrected chi connectivity index (χ1v) is 9.38. The molecule has 2 aromatic rings. The van der Waals surface area contributed by atoms with Gasteiger partial charge >= 0.3 is 0 Å².